The van der Waals surface area contributed by atoms with Gasteiger partial charge in [-0.15, -0.1) is 0 Å². The number of pyridine rings is 1. The lowest BCUT2D eigenvalue weighted by Gasteiger charge is -2.08. The fraction of sp³-hybridized carbons (Fsp3) is 0.308. The van der Waals surface area contributed by atoms with Crippen LogP contribution in [0.3, 0.4) is 0 Å². The molecule has 25 heavy (non-hydrogen) atoms. The van der Waals surface area contributed by atoms with Gasteiger partial charge in [0.1, 0.15) is 16.4 Å². The molecule has 12 heteroatoms. The van der Waals surface area contributed by atoms with Gasteiger partial charge >= 0.3 is 0 Å². The Hall–Kier alpha value is -2.30. The Morgan fingerprint density at radius 1 is 1.20 bits per heavy atom. The highest BCUT2D eigenvalue weighted by molar-refractivity contribution is 6.33. The summed E-state index contributed by atoms with van der Waals surface area (Å²) in [6, 6.07) is 0. The quantitative estimate of drug-likeness (QED) is 0.635. The first-order valence-corrected chi connectivity index (χ1v) is 7.00. The lowest BCUT2D eigenvalue weighted by Crippen LogP contribution is -2.27. The molecule has 0 fully saturated rings. The molecule has 0 aromatic carbocycles. The van der Waals surface area contributed by atoms with Crippen molar-refractivity contribution in [2.45, 2.75) is 12.8 Å². The van der Waals surface area contributed by atoms with E-state index < -0.39 is 65.6 Å². The van der Waals surface area contributed by atoms with Crippen LogP contribution in [-0.2, 0) is 13.5 Å². The Labute approximate surface area is 141 Å². The molecule has 0 unspecified atom stereocenters. The zero-order chi connectivity index (χ0) is 18.9. The molecule has 0 spiro atoms. The highest BCUT2D eigenvalue weighted by atomic mass is 35.5. The number of aromatic nitrogens is 3. The Morgan fingerprint density at radius 3 is 2.28 bits per heavy atom. The molecule has 5 nitrogen and oxygen atoms in total. The summed E-state index contributed by atoms with van der Waals surface area (Å²) in [5.41, 5.74) is -2.45. The van der Waals surface area contributed by atoms with E-state index in [2.05, 4.69) is 15.4 Å². The second-order valence-electron chi connectivity index (χ2n) is 4.78. The number of aryl methyl sites for hydroxylation is 1. The Balaban J connectivity index is 2.15. The number of rotatable bonds is 5. The fourth-order valence-corrected chi connectivity index (χ4v) is 2.24. The summed E-state index contributed by atoms with van der Waals surface area (Å²) in [4.78, 5) is 14.4. The average molecular weight is 387 g/mol. The van der Waals surface area contributed by atoms with Gasteiger partial charge in [0.2, 0.25) is 0 Å². The summed E-state index contributed by atoms with van der Waals surface area (Å²) in [6.07, 6.45) is -3.74. The fourth-order valence-electron chi connectivity index (χ4n) is 2.02. The topological polar surface area (TPSA) is 59.8 Å². The minimum atomic E-state index is -3.09. The summed E-state index contributed by atoms with van der Waals surface area (Å²) in [6.45, 7) is -0.510. The lowest BCUT2D eigenvalue weighted by molar-refractivity contribution is 0.0939. The number of carbonyl (C=O) groups excluding carboxylic acids is 1. The van der Waals surface area contributed by atoms with Crippen molar-refractivity contribution in [3.05, 3.63) is 45.5 Å². The molecule has 0 saturated heterocycles. The van der Waals surface area contributed by atoms with E-state index in [1.807, 2.05) is 0 Å². The summed E-state index contributed by atoms with van der Waals surface area (Å²) < 4.78 is 79.4. The third-order valence-electron chi connectivity index (χ3n) is 3.19. The van der Waals surface area contributed by atoms with E-state index >= 15 is 0 Å². The van der Waals surface area contributed by atoms with Crippen molar-refractivity contribution in [3.8, 4) is 0 Å². The number of nitrogens with one attached hydrogen (secondary N) is 1. The normalized spacial score (nSPS) is 11.2. The number of hydrogen-bond acceptors (Lipinski definition) is 3. The van der Waals surface area contributed by atoms with Gasteiger partial charge in [-0.1, -0.05) is 11.6 Å². The molecule has 0 saturated carbocycles. The van der Waals surface area contributed by atoms with E-state index in [9.17, 15) is 31.1 Å². The van der Waals surface area contributed by atoms with E-state index in [4.69, 9.17) is 11.6 Å². The van der Waals surface area contributed by atoms with Gasteiger partial charge in [-0.25, -0.2) is 17.6 Å². The standard InChI is InChI=1S/C13H9ClF6N4O/c1-24-9(14)5(8(23-24)10(17)18)13(25)21-3-2-4-6(15)11(19)22-12(20)7(4)16/h10H,2-3H2,1H3,(H,21,25). The second-order valence-corrected chi connectivity index (χ2v) is 5.14. The Bertz CT molecular complexity index is 799. The van der Waals surface area contributed by atoms with Gasteiger partial charge in [-0.05, 0) is 6.42 Å². The number of halogens is 7. The van der Waals surface area contributed by atoms with Crippen LogP contribution in [0.2, 0.25) is 5.15 Å². The van der Waals surface area contributed by atoms with Crippen molar-refractivity contribution in [1.82, 2.24) is 20.1 Å². The van der Waals surface area contributed by atoms with E-state index in [0.29, 0.717) is 0 Å². The van der Waals surface area contributed by atoms with Gasteiger partial charge in [0, 0.05) is 19.2 Å². The number of amides is 1. The molecule has 2 aromatic rings. The van der Waals surface area contributed by atoms with Crippen molar-refractivity contribution in [3.63, 3.8) is 0 Å². The van der Waals surface area contributed by atoms with Crippen molar-refractivity contribution in [2.24, 2.45) is 7.05 Å². The van der Waals surface area contributed by atoms with Gasteiger partial charge < -0.3 is 5.32 Å². The molecule has 0 radical (unpaired) electrons. The second kappa shape index (κ2) is 7.30. The molecule has 0 atom stereocenters. The van der Waals surface area contributed by atoms with Crippen LogP contribution in [-0.4, -0.2) is 27.2 Å². The molecular weight excluding hydrogens is 378 g/mol. The van der Waals surface area contributed by atoms with E-state index in [1.54, 1.807) is 0 Å². The lowest BCUT2D eigenvalue weighted by atomic mass is 10.1. The van der Waals surface area contributed by atoms with Crippen LogP contribution in [0.5, 0.6) is 0 Å². The van der Waals surface area contributed by atoms with Crippen LogP contribution in [0.1, 0.15) is 28.0 Å². The summed E-state index contributed by atoms with van der Waals surface area (Å²) in [5, 5.41) is 5.11. The SMILES string of the molecule is Cn1nc(C(F)F)c(C(=O)NCCc2c(F)c(F)nc(F)c2F)c1Cl. The first-order chi connectivity index (χ1) is 11.6. The van der Waals surface area contributed by atoms with Crippen LogP contribution < -0.4 is 5.32 Å². The minimum Gasteiger partial charge on any atom is -0.352 e. The van der Waals surface area contributed by atoms with Gasteiger partial charge in [-0.3, -0.25) is 9.48 Å². The predicted molar refractivity (Wildman–Crippen MR) is 73.3 cm³/mol. The van der Waals surface area contributed by atoms with Crippen LogP contribution in [0, 0.1) is 23.5 Å². The summed E-state index contributed by atoms with van der Waals surface area (Å²) in [5.74, 6) is -8.17. The van der Waals surface area contributed by atoms with Gasteiger partial charge in [0.25, 0.3) is 24.2 Å². The maximum absolute atomic E-state index is 13.4. The Morgan fingerprint density at radius 2 is 1.76 bits per heavy atom. The zero-order valence-electron chi connectivity index (χ0n) is 12.4. The highest BCUT2D eigenvalue weighted by Crippen LogP contribution is 2.27. The van der Waals surface area contributed by atoms with Gasteiger partial charge in [0.05, 0.1) is 0 Å². The highest BCUT2D eigenvalue weighted by Gasteiger charge is 2.27. The molecular formula is C13H9ClF6N4O. The van der Waals surface area contributed by atoms with Crippen LogP contribution >= 0.6 is 11.6 Å². The van der Waals surface area contributed by atoms with Gasteiger partial charge in [0.15, 0.2) is 11.6 Å². The van der Waals surface area contributed by atoms with Crippen LogP contribution in [0.25, 0.3) is 0 Å². The largest absolute Gasteiger partial charge is 0.352 e. The molecule has 0 aliphatic rings. The number of hydrogen-bond donors (Lipinski definition) is 1. The minimum absolute atomic E-state index is 0.369. The van der Waals surface area contributed by atoms with E-state index in [-0.39, 0.29) is 5.15 Å². The number of carbonyl (C=O) groups is 1. The molecule has 2 aromatic heterocycles. The van der Waals surface area contributed by atoms with E-state index in [1.165, 1.54) is 7.05 Å². The maximum Gasteiger partial charge on any atom is 0.283 e. The molecule has 0 aliphatic heterocycles. The average Bonchev–Trinajstić information content (AvgIpc) is 2.84. The monoisotopic (exact) mass is 386 g/mol. The first kappa shape index (κ1) is 19.0. The van der Waals surface area contributed by atoms with E-state index in [0.717, 1.165) is 4.68 Å². The van der Waals surface area contributed by atoms with Crippen molar-refractivity contribution in [1.29, 1.82) is 0 Å². The van der Waals surface area contributed by atoms with Crippen LogP contribution in [0.15, 0.2) is 0 Å². The van der Waals surface area contributed by atoms with Crippen molar-refractivity contribution in [2.75, 3.05) is 6.54 Å². The molecule has 0 bridgehead atoms. The molecule has 0 aliphatic carbocycles. The molecule has 1 N–H and O–H groups in total. The number of alkyl halides is 2. The molecule has 1 amide bonds. The van der Waals surface area contributed by atoms with Gasteiger partial charge in [-0.2, -0.15) is 18.9 Å². The van der Waals surface area contributed by atoms with Crippen molar-refractivity contribution < 1.29 is 31.1 Å². The van der Waals surface area contributed by atoms with Crippen molar-refractivity contribution >= 4 is 17.5 Å². The first-order valence-electron chi connectivity index (χ1n) is 6.62. The molecule has 136 valence electrons. The van der Waals surface area contributed by atoms with Crippen LogP contribution in [0.4, 0.5) is 26.3 Å². The number of nitrogens with zero attached hydrogens (tertiary/aromatic N) is 3. The summed E-state index contributed by atoms with van der Waals surface area (Å²) in [7, 11) is 1.23. The molecule has 2 heterocycles. The Kier molecular flexibility index (Phi) is 5.55. The zero-order valence-corrected chi connectivity index (χ0v) is 13.1. The predicted octanol–water partition coefficient (Wildman–Crippen LogP) is 2.94. The third kappa shape index (κ3) is 3.70. The smallest absolute Gasteiger partial charge is 0.283 e. The molecule has 2 rings (SSSR count). The third-order valence-corrected chi connectivity index (χ3v) is 3.62. The summed E-state index contributed by atoms with van der Waals surface area (Å²) >= 11 is 5.72. The maximum atomic E-state index is 13.4.